The summed E-state index contributed by atoms with van der Waals surface area (Å²) >= 11 is 19.3. The van der Waals surface area contributed by atoms with Crippen molar-refractivity contribution >= 4 is 39.2 Å². The van der Waals surface area contributed by atoms with Gasteiger partial charge >= 0.3 is 6.00 Å². The van der Waals surface area contributed by atoms with Crippen LogP contribution >= 0.6 is 33.2 Å². The largest absolute Gasteiger partial charge is 0.344 e. The number of hydrogen-bond acceptors (Lipinski definition) is 0. The van der Waals surface area contributed by atoms with Crippen LogP contribution in [0.4, 0.5) is 0 Å². The van der Waals surface area contributed by atoms with Gasteiger partial charge in [0.05, 0.1) is 0 Å². The second-order valence-corrected chi connectivity index (χ2v) is 14.7. The van der Waals surface area contributed by atoms with Crippen LogP contribution in [-0.4, -0.2) is 6.00 Å². The number of unbranched alkanes of at least 4 members (excludes halogenated alkanes) is 2. The fourth-order valence-corrected chi connectivity index (χ4v) is 8.44. The van der Waals surface area contributed by atoms with Gasteiger partial charge in [0.15, 0.2) is 0 Å². The van der Waals surface area contributed by atoms with E-state index in [1.807, 2.05) is 0 Å². The highest BCUT2D eigenvalue weighted by Crippen LogP contribution is 2.53. The van der Waals surface area contributed by atoms with Crippen LogP contribution in [0.5, 0.6) is 0 Å². The number of halogens is 3. The van der Waals surface area contributed by atoms with E-state index in [0.29, 0.717) is 17.4 Å². The van der Waals surface area contributed by atoms with Gasteiger partial charge in [0.1, 0.15) is 0 Å². The van der Waals surface area contributed by atoms with Gasteiger partial charge < -0.3 is 0 Å². The molecule has 1 saturated carbocycles. The molecule has 1 aliphatic rings. The van der Waals surface area contributed by atoms with E-state index < -0.39 is 6.00 Å². The lowest BCUT2D eigenvalue weighted by atomic mass is 9.76. The molecule has 4 heteroatoms. The summed E-state index contributed by atoms with van der Waals surface area (Å²) in [6.07, 6.45) is 11.5. The predicted octanol–water partition coefficient (Wildman–Crippen LogP) is 6.81. The Bertz CT molecular complexity index is 212. The fourth-order valence-electron chi connectivity index (χ4n) is 3.50. The zero-order valence-electron chi connectivity index (χ0n) is 11.7. The van der Waals surface area contributed by atoms with E-state index >= 15 is 0 Å². The summed E-state index contributed by atoms with van der Waals surface area (Å²) in [5.41, 5.74) is 0.411. The van der Waals surface area contributed by atoms with Crippen LogP contribution in [0.25, 0.3) is 0 Å². The molecule has 2 atom stereocenters. The Morgan fingerprint density at radius 2 is 1.33 bits per heavy atom. The Morgan fingerprint density at radius 1 is 0.889 bits per heavy atom. The minimum Gasteiger partial charge on any atom is -0.126 e. The van der Waals surface area contributed by atoms with Gasteiger partial charge in [-0.3, -0.25) is 0 Å². The highest BCUT2D eigenvalue weighted by atomic mass is 35.8. The van der Waals surface area contributed by atoms with E-state index in [2.05, 4.69) is 13.8 Å². The molecule has 1 rings (SSSR count). The topological polar surface area (TPSA) is 0 Å². The van der Waals surface area contributed by atoms with Crippen molar-refractivity contribution in [2.75, 3.05) is 0 Å². The summed E-state index contributed by atoms with van der Waals surface area (Å²) < 4.78 is 0. The van der Waals surface area contributed by atoms with E-state index in [0.717, 1.165) is 0 Å². The Kier molecular flexibility index (Phi) is 7.99. The van der Waals surface area contributed by atoms with E-state index in [-0.39, 0.29) is 0 Å². The Morgan fingerprint density at radius 3 is 1.67 bits per heavy atom. The molecule has 0 amide bonds. The summed E-state index contributed by atoms with van der Waals surface area (Å²) in [5.74, 6) is 1.36. The molecular formula is C14H27Cl3Si. The van der Waals surface area contributed by atoms with E-state index in [9.17, 15) is 0 Å². The molecule has 1 aliphatic carbocycles. The van der Waals surface area contributed by atoms with E-state index in [1.54, 1.807) is 0 Å². The van der Waals surface area contributed by atoms with Crippen molar-refractivity contribution in [2.24, 2.45) is 11.8 Å². The lowest BCUT2D eigenvalue weighted by Crippen LogP contribution is -2.36. The SMILES string of the molecule is CCCCC1CCCC(CCCC)C1[Si](Cl)(Cl)Cl. The minimum atomic E-state index is -2.57. The van der Waals surface area contributed by atoms with Crippen LogP contribution in [0, 0.1) is 11.8 Å². The van der Waals surface area contributed by atoms with Crippen LogP contribution in [0.2, 0.25) is 5.54 Å². The van der Waals surface area contributed by atoms with Crippen LogP contribution in [0.15, 0.2) is 0 Å². The van der Waals surface area contributed by atoms with Crippen molar-refractivity contribution in [2.45, 2.75) is 77.2 Å². The van der Waals surface area contributed by atoms with Gasteiger partial charge in [-0.2, -0.15) is 0 Å². The molecule has 0 aromatic carbocycles. The van der Waals surface area contributed by atoms with Crippen molar-refractivity contribution in [1.82, 2.24) is 0 Å². The second kappa shape index (κ2) is 8.39. The fraction of sp³-hybridized carbons (Fsp3) is 1.00. The third-order valence-electron chi connectivity index (χ3n) is 4.40. The molecule has 0 N–H and O–H groups in total. The van der Waals surface area contributed by atoms with Gasteiger partial charge in [0.2, 0.25) is 0 Å². The maximum absolute atomic E-state index is 6.43. The average molecular weight is 330 g/mol. The van der Waals surface area contributed by atoms with E-state index in [4.69, 9.17) is 33.2 Å². The molecule has 0 bridgehead atoms. The predicted molar refractivity (Wildman–Crippen MR) is 86.9 cm³/mol. The van der Waals surface area contributed by atoms with Gasteiger partial charge in [-0.15, -0.1) is 33.2 Å². The first-order valence-corrected chi connectivity index (χ1v) is 12.7. The first kappa shape index (κ1) is 17.1. The monoisotopic (exact) mass is 328 g/mol. The second-order valence-electron chi connectivity index (χ2n) is 5.80. The highest BCUT2D eigenvalue weighted by Gasteiger charge is 2.47. The maximum atomic E-state index is 6.43. The zero-order chi connectivity index (χ0) is 13.6. The molecule has 0 spiro atoms. The third-order valence-corrected chi connectivity index (χ3v) is 8.37. The van der Waals surface area contributed by atoms with Crippen LogP contribution in [-0.2, 0) is 0 Å². The number of hydrogen-bond donors (Lipinski definition) is 0. The van der Waals surface area contributed by atoms with Gasteiger partial charge in [0, 0.05) is 5.54 Å². The first-order valence-electron chi connectivity index (χ1n) is 7.57. The van der Waals surface area contributed by atoms with Crippen molar-refractivity contribution < 1.29 is 0 Å². The summed E-state index contributed by atoms with van der Waals surface area (Å²) in [6.45, 7) is 4.50. The standard InChI is InChI=1S/C14H27Cl3Si/c1-3-5-8-12-10-7-11-13(9-6-4-2)14(12)18(15,16)17/h12-14H,3-11H2,1-2H3. The summed E-state index contributed by atoms with van der Waals surface area (Å²) in [6, 6.07) is -2.57. The molecule has 0 radical (unpaired) electrons. The van der Waals surface area contributed by atoms with Crippen molar-refractivity contribution in [3.63, 3.8) is 0 Å². The summed E-state index contributed by atoms with van der Waals surface area (Å²) in [5, 5.41) is 0. The lowest BCUT2D eigenvalue weighted by molar-refractivity contribution is 0.235. The highest BCUT2D eigenvalue weighted by molar-refractivity contribution is 7.65. The maximum Gasteiger partial charge on any atom is 0.344 e. The average Bonchev–Trinajstić information content (AvgIpc) is 2.32. The molecule has 0 saturated heterocycles. The first-order chi connectivity index (χ1) is 8.50. The lowest BCUT2D eigenvalue weighted by Gasteiger charge is -2.41. The van der Waals surface area contributed by atoms with Gasteiger partial charge in [-0.25, -0.2) is 0 Å². The summed E-state index contributed by atoms with van der Waals surface area (Å²) in [7, 11) is 0. The normalized spacial score (nSPS) is 29.5. The molecule has 108 valence electrons. The van der Waals surface area contributed by atoms with Crippen molar-refractivity contribution in [1.29, 1.82) is 0 Å². The molecule has 0 aromatic rings. The molecule has 2 unspecified atom stereocenters. The van der Waals surface area contributed by atoms with Crippen LogP contribution < -0.4 is 0 Å². The van der Waals surface area contributed by atoms with Crippen molar-refractivity contribution in [3.8, 4) is 0 Å². The quantitative estimate of drug-likeness (QED) is 0.355. The molecule has 18 heavy (non-hydrogen) atoms. The molecule has 0 heterocycles. The van der Waals surface area contributed by atoms with Crippen LogP contribution in [0.3, 0.4) is 0 Å². The van der Waals surface area contributed by atoms with Gasteiger partial charge in [-0.1, -0.05) is 71.6 Å². The third kappa shape index (κ3) is 5.23. The van der Waals surface area contributed by atoms with Crippen molar-refractivity contribution in [3.05, 3.63) is 0 Å². The molecule has 0 aromatic heterocycles. The van der Waals surface area contributed by atoms with E-state index in [1.165, 1.54) is 57.8 Å². The number of rotatable bonds is 7. The van der Waals surface area contributed by atoms with Gasteiger partial charge in [0.25, 0.3) is 0 Å². The van der Waals surface area contributed by atoms with Gasteiger partial charge in [-0.05, 0) is 11.8 Å². The molecule has 1 fully saturated rings. The zero-order valence-corrected chi connectivity index (χ0v) is 15.0. The Hall–Kier alpha value is 1.09. The van der Waals surface area contributed by atoms with Crippen LogP contribution in [0.1, 0.15) is 71.6 Å². The Labute approximate surface area is 128 Å². The molecular weight excluding hydrogens is 303 g/mol. The molecule has 0 aliphatic heterocycles. The minimum absolute atomic E-state index is 0.411. The Balaban J connectivity index is 2.70. The smallest absolute Gasteiger partial charge is 0.126 e. The molecule has 0 nitrogen and oxygen atoms in total. The summed E-state index contributed by atoms with van der Waals surface area (Å²) in [4.78, 5) is 0.